The molecule has 0 aliphatic rings. The Labute approximate surface area is 189 Å². The number of carbonyl (C=O) groups excluding carboxylic acids is 1. The number of nitrogens with zero attached hydrogens (tertiary/aromatic N) is 1. The molecule has 0 spiro atoms. The van der Waals surface area contributed by atoms with E-state index in [4.69, 9.17) is 9.72 Å². The fourth-order valence-corrected chi connectivity index (χ4v) is 3.70. The van der Waals surface area contributed by atoms with Gasteiger partial charge in [-0.3, -0.25) is 0 Å². The van der Waals surface area contributed by atoms with E-state index in [1.165, 1.54) is 18.2 Å². The van der Waals surface area contributed by atoms with Crippen molar-refractivity contribution in [2.45, 2.75) is 32.7 Å². The van der Waals surface area contributed by atoms with E-state index in [9.17, 15) is 4.79 Å². The molecule has 1 N–H and O–H groups in total. The van der Waals surface area contributed by atoms with Crippen LogP contribution in [0.5, 0.6) is 0 Å². The number of benzene rings is 3. The zero-order valence-corrected chi connectivity index (χ0v) is 19.0. The standard InChI is InChI=1S/C28H28N2O2/c1-28(2,3)22-13-10-20(11-14-22)24-17-25(29-18-19-8-6-5-7-9-19)23-15-12-21(27(31)32-4)16-26(23)30-24/h5-17H,18H2,1-4H3,(H,29,30). The van der Waals surface area contributed by atoms with E-state index in [1.54, 1.807) is 12.1 Å². The Morgan fingerprint density at radius 1 is 0.938 bits per heavy atom. The number of methoxy groups -OCH3 is 1. The van der Waals surface area contributed by atoms with Crippen LogP contribution in [0.3, 0.4) is 0 Å². The third kappa shape index (κ3) is 4.65. The third-order valence-corrected chi connectivity index (χ3v) is 5.60. The molecule has 4 heteroatoms. The van der Waals surface area contributed by atoms with E-state index in [0.717, 1.165) is 27.8 Å². The zero-order chi connectivity index (χ0) is 22.7. The number of fused-ring (bicyclic) bond motifs is 1. The van der Waals surface area contributed by atoms with Crippen LogP contribution in [-0.4, -0.2) is 18.1 Å². The fraction of sp³-hybridized carbons (Fsp3) is 0.214. The second-order valence-corrected chi connectivity index (χ2v) is 8.95. The minimum Gasteiger partial charge on any atom is -0.465 e. The molecule has 0 saturated carbocycles. The smallest absolute Gasteiger partial charge is 0.337 e. The van der Waals surface area contributed by atoms with Crippen LogP contribution in [0.4, 0.5) is 5.69 Å². The molecule has 162 valence electrons. The first-order valence-corrected chi connectivity index (χ1v) is 10.8. The summed E-state index contributed by atoms with van der Waals surface area (Å²) in [7, 11) is 1.39. The van der Waals surface area contributed by atoms with E-state index in [1.807, 2.05) is 24.3 Å². The summed E-state index contributed by atoms with van der Waals surface area (Å²) >= 11 is 0. The van der Waals surface area contributed by atoms with E-state index in [2.05, 4.69) is 68.6 Å². The maximum Gasteiger partial charge on any atom is 0.337 e. The van der Waals surface area contributed by atoms with Gasteiger partial charge < -0.3 is 10.1 Å². The van der Waals surface area contributed by atoms with Gasteiger partial charge in [-0.05, 0) is 40.8 Å². The van der Waals surface area contributed by atoms with Gasteiger partial charge in [0, 0.05) is 23.2 Å². The van der Waals surface area contributed by atoms with Crippen LogP contribution in [0.25, 0.3) is 22.2 Å². The number of hydrogen-bond donors (Lipinski definition) is 1. The first-order valence-electron chi connectivity index (χ1n) is 10.8. The second-order valence-electron chi connectivity index (χ2n) is 8.95. The third-order valence-electron chi connectivity index (χ3n) is 5.60. The molecule has 0 radical (unpaired) electrons. The molecule has 0 fully saturated rings. The lowest BCUT2D eigenvalue weighted by atomic mass is 9.86. The molecule has 4 rings (SSSR count). The van der Waals surface area contributed by atoms with Gasteiger partial charge in [-0.25, -0.2) is 9.78 Å². The predicted molar refractivity (Wildman–Crippen MR) is 131 cm³/mol. The summed E-state index contributed by atoms with van der Waals surface area (Å²) in [6.07, 6.45) is 0. The number of hydrogen-bond acceptors (Lipinski definition) is 4. The molecule has 0 aliphatic heterocycles. The summed E-state index contributed by atoms with van der Waals surface area (Å²) in [5.74, 6) is -0.368. The fourth-order valence-electron chi connectivity index (χ4n) is 3.70. The summed E-state index contributed by atoms with van der Waals surface area (Å²) < 4.78 is 4.90. The summed E-state index contributed by atoms with van der Waals surface area (Å²) in [4.78, 5) is 17.0. The molecule has 0 amide bonds. The summed E-state index contributed by atoms with van der Waals surface area (Å²) in [5.41, 5.74) is 6.67. The molecule has 0 atom stereocenters. The number of rotatable bonds is 5. The number of anilines is 1. The summed E-state index contributed by atoms with van der Waals surface area (Å²) in [6, 6.07) is 26.4. The van der Waals surface area contributed by atoms with Crippen molar-refractivity contribution in [3.63, 3.8) is 0 Å². The van der Waals surface area contributed by atoms with Crippen LogP contribution in [0.1, 0.15) is 42.3 Å². The van der Waals surface area contributed by atoms with Crippen LogP contribution in [0.2, 0.25) is 0 Å². The molecular weight excluding hydrogens is 396 g/mol. The lowest BCUT2D eigenvalue weighted by Crippen LogP contribution is -2.10. The number of nitrogens with one attached hydrogen (secondary N) is 1. The lowest BCUT2D eigenvalue weighted by Gasteiger charge is -2.19. The minimum atomic E-state index is -0.368. The largest absolute Gasteiger partial charge is 0.465 e. The monoisotopic (exact) mass is 424 g/mol. The Morgan fingerprint density at radius 3 is 2.31 bits per heavy atom. The summed E-state index contributed by atoms with van der Waals surface area (Å²) in [5, 5.41) is 4.52. The van der Waals surface area contributed by atoms with Gasteiger partial charge in [-0.1, -0.05) is 75.4 Å². The Kier molecular flexibility index (Phi) is 5.95. The highest BCUT2D eigenvalue weighted by atomic mass is 16.5. The average molecular weight is 425 g/mol. The average Bonchev–Trinajstić information content (AvgIpc) is 2.81. The van der Waals surface area contributed by atoms with Gasteiger partial charge in [0.1, 0.15) is 0 Å². The number of aromatic nitrogens is 1. The number of pyridine rings is 1. The van der Waals surface area contributed by atoms with Crippen molar-refractivity contribution in [2.24, 2.45) is 0 Å². The molecule has 0 unspecified atom stereocenters. The first-order chi connectivity index (χ1) is 15.3. The van der Waals surface area contributed by atoms with E-state index < -0.39 is 0 Å². The van der Waals surface area contributed by atoms with Crippen LogP contribution >= 0.6 is 0 Å². The predicted octanol–water partition coefficient (Wildman–Crippen LogP) is 6.60. The van der Waals surface area contributed by atoms with Crippen molar-refractivity contribution in [2.75, 3.05) is 12.4 Å². The quantitative estimate of drug-likeness (QED) is 0.367. The van der Waals surface area contributed by atoms with Crippen molar-refractivity contribution in [1.82, 2.24) is 4.98 Å². The van der Waals surface area contributed by atoms with Crippen molar-refractivity contribution < 1.29 is 9.53 Å². The van der Waals surface area contributed by atoms with Crippen LogP contribution in [0, 0.1) is 0 Å². The number of carbonyl (C=O) groups is 1. The highest BCUT2D eigenvalue weighted by Gasteiger charge is 2.15. The molecular formula is C28H28N2O2. The molecule has 3 aromatic carbocycles. The lowest BCUT2D eigenvalue weighted by molar-refractivity contribution is 0.0601. The van der Waals surface area contributed by atoms with Crippen molar-refractivity contribution >= 4 is 22.6 Å². The maximum atomic E-state index is 12.1. The highest BCUT2D eigenvalue weighted by Crippen LogP contribution is 2.31. The van der Waals surface area contributed by atoms with Gasteiger partial charge in [0.2, 0.25) is 0 Å². The van der Waals surface area contributed by atoms with Gasteiger partial charge >= 0.3 is 5.97 Å². The molecule has 0 saturated heterocycles. The Balaban J connectivity index is 1.78. The van der Waals surface area contributed by atoms with Crippen molar-refractivity contribution in [3.8, 4) is 11.3 Å². The molecule has 32 heavy (non-hydrogen) atoms. The van der Waals surface area contributed by atoms with Crippen LogP contribution in [0.15, 0.2) is 78.9 Å². The molecule has 1 heterocycles. The van der Waals surface area contributed by atoms with Crippen LogP contribution in [-0.2, 0) is 16.7 Å². The van der Waals surface area contributed by atoms with Crippen molar-refractivity contribution in [3.05, 3.63) is 95.6 Å². The van der Waals surface area contributed by atoms with E-state index in [0.29, 0.717) is 12.1 Å². The van der Waals surface area contributed by atoms with Crippen molar-refractivity contribution in [1.29, 1.82) is 0 Å². The Morgan fingerprint density at radius 2 is 1.66 bits per heavy atom. The van der Waals surface area contributed by atoms with E-state index >= 15 is 0 Å². The first kappa shape index (κ1) is 21.6. The maximum absolute atomic E-state index is 12.1. The number of ether oxygens (including phenoxy) is 1. The van der Waals surface area contributed by atoms with Gasteiger partial charge in [0.15, 0.2) is 0 Å². The Bertz CT molecular complexity index is 1240. The SMILES string of the molecule is COC(=O)c1ccc2c(NCc3ccccc3)cc(-c3ccc(C(C)(C)C)cc3)nc2c1. The topological polar surface area (TPSA) is 51.2 Å². The summed E-state index contributed by atoms with van der Waals surface area (Å²) in [6.45, 7) is 7.31. The molecule has 0 bridgehead atoms. The molecule has 0 aliphatic carbocycles. The van der Waals surface area contributed by atoms with Gasteiger partial charge in [0.25, 0.3) is 0 Å². The minimum absolute atomic E-state index is 0.0904. The van der Waals surface area contributed by atoms with Crippen LogP contribution < -0.4 is 5.32 Å². The van der Waals surface area contributed by atoms with Gasteiger partial charge in [-0.2, -0.15) is 0 Å². The second kappa shape index (κ2) is 8.83. The normalized spacial score (nSPS) is 11.4. The van der Waals surface area contributed by atoms with Gasteiger partial charge in [-0.15, -0.1) is 0 Å². The number of esters is 1. The van der Waals surface area contributed by atoms with Gasteiger partial charge in [0.05, 0.1) is 23.9 Å². The highest BCUT2D eigenvalue weighted by molar-refractivity contribution is 5.99. The van der Waals surface area contributed by atoms with E-state index in [-0.39, 0.29) is 11.4 Å². The Hall–Kier alpha value is -3.66. The molecule has 1 aromatic heterocycles. The molecule has 4 aromatic rings. The zero-order valence-electron chi connectivity index (χ0n) is 19.0. The molecule has 4 nitrogen and oxygen atoms in total.